The molecule has 0 unspecified atom stereocenters. The summed E-state index contributed by atoms with van der Waals surface area (Å²) < 4.78 is 13.1. The smallest absolute Gasteiger partial charge is 0.309 e. The van der Waals surface area contributed by atoms with Gasteiger partial charge in [-0.1, -0.05) is 23.2 Å². The van der Waals surface area contributed by atoms with Gasteiger partial charge in [0.25, 0.3) is 0 Å². The van der Waals surface area contributed by atoms with Gasteiger partial charge < -0.3 is 5.11 Å². The van der Waals surface area contributed by atoms with Crippen molar-refractivity contribution in [1.29, 1.82) is 0 Å². The van der Waals surface area contributed by atoms with Crippen LogP contribution < -0.4 is 0 Å². The fraction of sp³-hybridized carbons (Fsp3) is 0.364. The van der Waals surface area contributed by atoms with Crippen LogP contribution in [0.25, 0.3) is 0 Å². The van der Waals surface area contributed by atoms with Gasteiger partial charge in [0.15, 0.2) is 5.82 Å². The summed E-state index contributed by atoms with van der Waals surface area (Å²) in [4.78, 5) is 10.9. The van der Waals surface area contributed by atoms with Crippen molar-refractivity contribution in [3.8, 4) is 0 Å². The highest BCUT2D eigenvalue weighted by Gasteiger charge is 2.27. The summed E-state index contributed by atoms with van der Waals surface area (Å²) in [5, 5.41) is 8.77. The first-order chi connectivity index (χ1) is 7.24. The largest absolute Gasteiger partial charge is 0.481 e. The second kappa shape index (κ2) is 4.60. The number of hydrogen-bond acceptors (Lipinski definition) is 1. The molecular weight excluding hydrogens is 254 g/mol. The number of carbonyl (C=O) groups is 1. The lowest BCUT2D eigenvalue weighted by molar-refractivity contribution is -0.146. The quantitative estimate of drug-likeness (QED) is 0.844. The van der Waals surface area contributed by atoms with Crippen molar-refractivity contribution in [3.05, 3.63) is 33.6 Å². The highest BCUT2D eigenvalue weighted by atomic mass is 35.5. The van der Waals surface area contributed by atoms with E-state index in [4.69, 9.17) is 28.3 Å². The van der Waals surface area contributed by atoms with Gasteiger partial charge in [-0.25, -0.2) is 4.39 Å². The van der Waals surface area contributed by atoms with E-state index in [0.717, 1.165) is 0 Å². The molecule has 0 aromatic heterocycles. The normalized spacial score (nSPS) is 11.6. The summed E-state index contributed by atoms with van der Waals surface area (Å²) in [5.41, 5.74) is -0.339. The van der Waals surface area contributed by atoms with Gasteiger partial charge in [-0.15, -0.1) is 0 Å². The monoisotopic (exact) mass is 264 g/mol. The van der Waals surface area contributed by atoms with Crippen molar-refractivity contribution in [3.63, 3.8) is 0 Å². The molecular formula is C11H11Cl2FO2. The van der Waals surface area contributed by atoms with E-state index in [-0.39, 0.29) is 16.5 Å². The van der Waals surface area contributed by atoms with Crippen LogP contribution >= 0.6 is 23.2 Å². The molecule has 0 atom stereocenters. The predicted molar refractivity (Wildman–Crippen MR) is 61.5 cm³/mol. The lowest BCUT2D eigenvalue weighted by Gasteiger charge is -2.19. The highest BCUT2D eigenvalue weighted by Crippen LogP contribution is 2.29. The Morgan fingerprint density at radius 3 is 2.19 bits per heavy atom. The molecule has 5 heteroatoms. The van der Waals surface area contributed by atoms with E-state index in [1.165, 1.54) is 12.1 Å². The lowest BCUT2D eigenvalue weighted by Crippen LogP contribution is -2.26. The van der Waals surface area contributed by atoms with Crippen molar-refractivity contribution in [2.24, 2.45) is 5.41 Å². The topological polar surface area (TPSA) is 37.3 Å². The minimum Gasteiger partial charge on any atom is -0.481 e. The van der Waals surface area contributed by atoms with E-state index in [9.17, 15) is 9.18 Å². The summed E-state index contributed by atoms with van der Waals surface area (Å²) in [6.45, 7) is 3.17. The number of aliphatic carboxylic acids is 1. The summed E-state index contributed by atoms with van der Waals surface area (Å²) in [6.07, 6.45) is 0.238. The zero-order valence-electron chi connectivity index (χ0n) is 8.85. The zero-order valence-corrected chi connectivity index (χ0v) is 10.4. The Labute approximate surface area is 103 Å². The van der Waals surface area contributed by atoms with Crippen LogP contribution in [0.5, 0.6) is 0 Å². The van der Waals surface area contributed by atoms with E-state index in [0.29, 0.717) is 5.56 Å². The van der Waals surface area contributed by atoms with E-state index in [1.54, 1.807) is 13.8 Å². The molecule has 1 N–H and O–H groups in total. The molecule has 0 saturated carbocycles. The number of carboxylic acid groups (broad SMARTS) is 1. The molecule has 0 spiro atoms. The van der Waals surface area contributed by atoms with E-state index < -0.39 is 17.2 Å². The van der Waals surface area contributed by atoms with Gasteiger partial charge in [0.1, 0.15) is 0 Å². The summed E-state index contributed by atoms with van der Waals surface area (Å²) in [7, 11) is 0. The predicted octanol–water partition coefficient (Wildman–Crippen LogP) is 3.79. The molecule has 16 heavy (non-hydrogen) atoms. The minimum atomic E-state index is -0.940. The number of benzene rings is 1. The van der Waals surface area contributed by atoms with Crippen molar-refractivity contribution >= 4 is 29.2 Å². The van der Waals surface area contributed by atoms with Gasteiger partial charge in [0.2, 0.25) is 0 Å². The summed E-state index contributed by atoms with van der Waals surface area (Å²) in [5.74, 6) is -1.61. The van der Waals surface area contributed by atoms with Crippen molar-refractivity contribution in [2.45, 2.75) is 20.3 Å². The molecule has 1 aromatic carbocycles. The van der Waals surface area contributed by atoms with Crippen LogP contribution in [0.4, 0.5) is 4.39 Å². The Morgan fingerprint density at radius 1 is 1.38 bits per heavy atom. The van der Waals surface area contributed by atoms with Crippen LogP contribution in [0.3, 0.4) is 0 Å². The molecule has 0 aliphatic rings. The first kappa shape index (κ1) is 13.3. The fourth-order valence-corrected chi connectivity index (χ4v) is 1.83. The van der Waals surface area contributed by atoms with Gasteiger partial charge in [-0.2, -0.15) is 0 Å². The van der Waals surface area contributed by atoms with Gasteiger partial charge in [0.05, 0.1) is 15.5 Å². The maximum absolute atomic E-state index is 13.1. The van der Waals surface area contributed by atoms with Gasteiger partial charge in [-0.3, -0.25) is 4.79 Å². The molecule has 0 bridgehead atoms. The Morgan fingerprint density at radius 2 is 1.81 bits per heavy atom. The third-order valence-electron chi connectivity index (χ3n) is 2.27. The average molecular weight is 265 g/mol. The molecule has 1 rings (SSSR count). The van der Waals surface area contributed by atoms with Crippen LogP contribution in [0, 0.1) is 11.2 Å². The SMILES string of the molecule is CC(C)(Cc1cc(Cl)c(F)c(Cl)c1)C(=O)O. The second-order valence-electron chi connectivity index (χ2n) is 4.24. The molecule has 0 fully saturated rings. The van der Waals surface area contributed by atoms with Crippen LogP contribution in [-0.4, -0.2) is 11.1 Å². The van der Waals surface area contributed by atoms with Crippen LogP contribution in [-0.2, 0) is 11.2 Å². The number of halogens is 3. The minimum absolute atomic E-state index is 0.0938. The van der Waals surface area contributed by atoms with E-state index >= 15 is 0 Å². The van der Waals surface area contributed by atoms with Crippen LogP contribution in [0.2, 0.25) is 10.0 Å². The molecule has 1 aromatic rings. The Kier molecular flexibility index (Phi) is 3.81. The summed E-state index contributed by atoms with van der Waals surface area (Å²) >= 11 is 11.2. The van der Waals surface area contributed by atoms with Gasteiger partial charge in [0, 0.05) is 0 Å². The maximum Gasteiger partial charge on any atom is 0.309 e. The third kappa shape index (κ3) is 2.86. The molecule has 2 nitrogen and oxygen atoms in total. The summed E-state index contributed by atoms with van der Waals surface area (Å²) in [6, 6.07) is 2.79. The number of hydrogen-bond donors (Lipinski definition) is 1. The highest BCUT2D eigenvalue weighted by molar-refractivity contribution is 6.35. The van der Waals surface area contributed by atoms with Crippen LogP contribution in [0.1, 0.15) is 19.4 Å². The first-order valence-corrected chi connectivity index (χ1v) is 5.36. The lowest BCUT2D eigenvalue weighted by atomic mass is 9.86. The van der Waals surface area contributed by atoms with Crippen molar-refractivity contribution in [1.82, 2.24) is 0 Å². The molecule has 0 saturated heterocycles. The van der Waals surface area contributed by atoms with Gasteiger partial charge >= 0.3 is 5.97 Å². The number of rotatable bonds is 3. The van der Waals surface area contributed by atoms with E-state index in [2.05, 4.69) is 0 Å². The second-order valence-corrected chi connectivity index (χ2v) is 5.05. The van der Waals surface area contributed by atoms with Crippen LogP contribution in [0.15, 0.2) is 12.1 Å². The Hall–Kier alpha value is -0.800. The average Bonchev–Trinajstić information content (AvgIpc) is 2.13. The molecule has 0 amide bonds. The molecule has 0 aliphatic heterocycles. The molecule has 0 heterocycles. The third-order valence-corrected chi connectivity index (χ3v) is 2.82. The molecule has 88 valence electrons. The fourth-order valence-electron chi connectivity index (χ4n) is 1.30. The maximum atomic E-state index is 13.1. The zero-order chi connectivity index (χ0) is 12.5. The van der Waals surface area contributed by atoms with Crippen molar-refractivity contribution < 1.29 is 14.3 Å². The van der Waals surface area contributed by atoms with Gasteiger partial charge in [-0.05, 0) is 38.0 Å². The molecule has 0 radical (unpaired) electrons. The molecule has 0 aliphatic carbocycles. The van der Waals surface area contributed by atoms with E-state index in [1.807, 2.05) is 0 Å². The Bertz CT molecular complexity index is 407. The first-order valence-electron chi connectivity index (χ1n) is 4.61. The number of carboxylic acids is 1. The van der Waals surface area contributed by atoms with Crippen molar-refractivity contribution in [2.75, 3.05) is 0 Å². The standard InChI is InChI=1S/C11H11Cl2FO2/c1-11(2,10(15)16)5-6-3-7(12)9(14)8(13)4-6/h3-4H,5H2,1-2H3,(H,15,16). The Balaban J connectivity index is 3.04.